The lowest BCUT2D eigenvalue weighted by atomic mass is 9.92. The van der Waals surface area contributed by atoms with Crippen molar-refractivity contribution in [2.45, 2.75) is 51.7 Å². The molecule has 0 spiro atoms. The van der Waals surface area contributed by atoms with E-state index in [2.05, 4.69) is 10.2 Å². The summed E-state index contributed by atoms with van der Waals surface area (Å²) in [6.07, 6.45) is 2.86. The molecule has 4 heteroatoms. The number of piperidine rings is 1. The first-order valence-corrected chi connectivity index (χ1v) is 7.10. The third-order valence-electron chi connectivity index (χ3n) is 3.80. The second-order valence-corrected chi connectivity index (χ2v) is 6.58. The fourth-order valence-electron chi connectivity index (χ4n) is 2.67. The van der Waals surface area contributed by atoms with Crippen LogP contribution in [0.2, 0.25) is 0 Å². The highest BCUT2D eigenvalue weighted by atomic mass is 16.6. The van der Waals surface area contributed by atoms with E-state index >= 15 is 0 Å². The smallest absolute Gasteiger partial charge is 0.306 e. The van der Waals surface area contributed by atoms with Crippen molar-refractivity contribution in [1.29, 1.82) is 0 Å². The molecule has 0 aliphatic carbocycles. The minimum absolute atomic E-state index is 0.0359. The highest BCUT2D eigenvalue weighted by molar-refractivity contribution is 5.70. The third-order valence-corrected chi connectivity index (χ3v) is 3.80. The number of esters is 1. The van der Waals surface area contributed by atoms with Gasteiger partial charge in [-0.15, -0.1) is 0 Å². The van der Waals surface area contributed by atoms with Gasteiger partial charge in [-0.1, -0.05) is 0 Å². The SMILES string of the molecule is CC(C)(C)OC(=O)CC1CCN(C2CNC2)CC1. The molecule has 0 unspecified atom stereocenters. The van der Waals surface area contributed by atoms with Gasteiger partial charge in [0.2, 0.25) is 0 Å². The van der Waals surface area contributed by atoms with Gasteiger partial charge in [0.05, 0.1) is 0 Å². The van der Waals surface area contributed by atoms with E-state index in [0.29, 0.717) is 12.3 Å². The predicted molar refractivity (Wildman–Crippen MR) is 71.4 cm³/mol. The van der Waals surface area contributed by atoms with Crippen molar-refractivity contribution in [3.05, 3.63) is 0 Å². The Morgan fingerprint density at radius 2 is 1.89 bits per heavy atom. The van der Waals surface area contributed by atoms with E-state index in [1.807, 2.05) is 20.8 Å². The van der Waals surface area contributed by atoms with Crippen LogP contribution in [-0.4, -0.2) is 48.7 Å². The van der Waals surface area contributed by atoms with Crippen LogP contribution in [0.25, 0.3) is 0 Å². The van der Waals surface area contributed by atoms with E-state index in [0.717, 1.165) is 45.1 Å². The minimum atomic E-state index is -0.352. The van der Waals surface area contributed by atoms with Crippen molar-refractivity contribution in [2.75, 3.05) is 26.2 Å². The maximum atomic E-state index is 11.8. The third kappa shape index (κ3) is 3.95. The Labute approximate surface area is 110 Å². The summed E-state index contributed by atoms with van der Waals surface area (Å²) >= 11 is 0. The Morgan fingerprint density at radius 1 is 1.28 bits per heavy atom. The number of carbonyl (C=O) groups is 1. The molecule has 0 radical (unpaired) electrons. The molecule has 18 heavy (non-hydrogen) atoms. The molecule has 0 amide bonds. The van der Waals surface area contributed by atoms with Gasteiger partial charge >= 0.3 is 5.97 Å². The maximum Gasteiger partial charge on any atom is 0.306 e. The lowest BCUT2D eigenvalue weighted by Gasteiger charge is -2.42. The molecule has 0 aromatic heterocycles. The Balaban J connectivity index is 1.68. The van der Waals surface area contributed by atoms with Crippen LogP contribution in [0.1, 0.15) is 40.0 Å². The lowest BCUT2D eigenvalue weighted by molar-refractivity contribution is -0.156. The largest absolute Gasteiger partial charge is 0.460 e. The van der Waals surface area contributed by atoms with E-state index in [1.54, 1.807) is 0 Å². The number of nitrogens with zero attached hydrogens (tertiary/aromatic N) is 1. The van der Waals surface area contributed by atoms with Gasteiger partial charge in [0.1, 0.15) is 5.60 Å². The topological polar surface area (TPSA) is 41.6 Å². The maximum absolute atomic E-state index is 11.8. The summed E-state index contributed by atoms with van der Waals surface area (Å²) in [6.45, 7) is 10.3. The standard InChI is InChI=1S/C14H26N2O2/c1-14(2,3)18-13(17)8-11-4-6-16(7-5-11)12-9-15-10-12/h11-12,15H,4-10H2,1-3H3. The van der Waals surface area contributed by atoms with Gasteiger partial charge in [-0.05, 0) is 52.6 Å². The monoisotopic (exact) mass is 254 g/mol. The van der Waals surface area contributed by atoms with Crippen LogP contribution in [0.4, 0.5) is 0 Å². The molecule has 0 saturated carbocycles. The van der Waals surface area contributed by atoms with Gasteiger partial charge in [-0.2, -0.15) is 0 Å². The first kappa shape index (κ1) is 13.8. The van der Waals surface area contributed by atoms with Crippen molar-refractivity contribution in [2.24, 2.45) is 5.92 Å². The zero-order valence-electron chi connectivity index (χ0n) is 11.9. The Kier molecular flexibility index (Phi) is 4.28. The Morgan fingerprint density at radius 3 is 2.33 bits per heavy atom. The number of nitrogens with one attached hydrogen (secondary N) is 1. The molecule has 104 valence electrons. The van der Waals surface area contributed by atoms with Gasteiger partial charge < -0.3 is 10.1 Å². The van der Waals surface area contributed by atoms with Crippen molar-refractivity contribution in [3.63, 3.8) is 0 Å². The highest BCUT2D eigenvalue weighted by Crippen LogP contribution is 2.24. The van der Waals surface area contributed by atoms with Crippen molar-refractivity contribution < 1.29 is 9.53 Å². The molecule has 0 aromatic rings. The molecule has 2 aliphatic rings. The van der Waals surface area contributed by atoms with Gasteiger partial charge in [0, 0.05) is 25.6 Å². The summed E-state index contributed by atoms with van der Waals surface area (Å²) in [4.78, 5) is 14.3. The highest BCUT2D eigenvalue weighted by Gasteiger charge is 2.30. The number of hydrogen-bond donors (Lipinski definition) is 1. The second-order valence-electron chi connectivity index (χ2n) is 6.58. The number of ether oxygens (including phenoxy) is 1. The van der Waals surface area contributed by atoms with E-state index in [1.165, 1.54) is 0 Å². The van der Waals surface area contributed by atoms with Crippen LogP contribution >= 0.6 is 0 Å². The van der Waals surface area contributed by atoms with Crippen LogP contribution in [0.3, 0.4) is 0 Å². The van der Waals surface area contributed by atoms with Crippen LogP contribution < -0.4 is 5.32 Å². The van der Waals surface area contributed by atoms with E-state index in [9.17, 15) is 4.79 Å². The van der Waals surface area contributed by atoms with Crippen LogP contribution in [0.15, 0.2) is 0 Å². The molecule has 0 atom stereocenters. The fraction of sp³-hybridized carbons (Fsp3) is 0.929. The van der Waals surface area contributed by atoms with E-state index in [-0.39, 0.29) is 11.6 Å². The number of carbonyl (C=O) groups excluding carboxylic acids is 1. The van der Waals surface area contributed by atoms with Crippen molar-refractivity contribution in [1.82, 2.24) is 10.2 Å². The van der Waals surface area contributed by atoms with E-state index < -0.39 is 0 Å². The molecule has 2 rings (SSSR count). The average molecular weight is 254 g/mol. The molecule has 4 nitrogen and oxygen atoms in total. The molecule has 1 N–H and O–H groups in total. The lowest BCUT2D eigenvalue weighted by Crippen LogP contribution is -2.58. The summed E-state index contributed by atoms with van der Waals surface area (Å²) in [5, 5.41) is 3.31. The van der Waals surface area contributed by atoms with Crippen LogP contribution in [0, 0.1) is 5.92 Å². The Hall–Kier alpha value is -0.610. The van der Waals surface area contributed by atoms with Gasteiger partial charge in [-0.3, -0.25) is 9.69 Å². The molecule has 2 saturated heterocycles. The van der Waals surface area contributed by atoms with Gasteiger partial charge in [0.15, 0.2) is 0 Å². The van der Waals surface area contributed by atoms with E-state index in [4.69, 9.17) is 4.74 Å². The molecule has 2 fully saturated rings. The number of likely N-dealkylation sites (tertiary alicyclic amines) is 1. The van der Waals surface area contributed by atoms with Crippen LogP contribution in [0.5, 0.6) is 0 Å². The molecule has 0 bridgehead atoms. The summed E-state index contributed by atoms with van der Waals surface area (Å²) < 4.78 is 5.38. The number of rotatable bonds is 3. The summed E-state index contributed by atoms with van der Waals surface area (Å²) in [7, 11) is 0. The molecule has 2 heterocycles. The quantitative estimate of drug-likeness (QED) is 0.773. The summed E-state index contributed by atoms with van der Waals surface area (Å²) in [5.74, 6) is 0.482. The molecule has 0 aromatic carbocycles. The molecular formula is C14H26N2O2. The normalized spacial score (nSPS) is 23.7. The van der Waals surface area contributed by atoms with Crippen LogP contribution in [-0.2, 0) is 9.53 Å². The zero-order chi connectivity index (χ0) is 13.2. The first-order chi connectivity index (χ1) is 8.44. The summed E-state index contributed by atoms with van der Waals surface area (Å²) in [6, 6.07) is 0.743. The number of hydrogen-bond acceptors (Lipinski definition) is 4. The predicted octanol–water partition coefficient (Wildman–Crippen LogP) is 1.40. The fourth-order valence-corrected chi connectivity index (χ4v) is 2.67. The Bertz CT molecular complexity index is 287. The first-order valence-electron chi connectivity index (χ1n) is 7.10. The summed E-state index contributed by atoms with van der Waals surface area (Å²) in [5.41, 5.74) is -0.352. The second kappa shape index (κ2) is 5.57. The van der Waals surface area contributed by atoms with Gasteiger partial charge in [0.25, 0.3) is 0 Å². The van der Waals surface area contributed by atoms with Crippen molar-refractivity contribution in [3.8, 4) is 0 Å². The molecular weight excluding hydrogens is 228 g/mol. The molecule has 2 aliphatic heterocycles. The average Bonchev–Trinajstić information content (AvgIpc) is 2.15. The van der Waals surface area contributed by atoms with Crippen molar-refractivity contribution >= 4 is 5.97 Å². The minimum Gasteiger partial charge on any atom is -0.460 e. The van der Waals surface area contributed by atoms with Gasteiger partial charge in [-0.25, -0.2) is 0 Å². The zero-order valence-corrected chi connectivity index (χ0v) is 11.9.